The third kappa shape index (κ3) is 20.0. The summed E-state index contributed by atoms with van der Waals surface area (Å²) >= 11 is 0. The minimum Gasteiger partial charge on any atom is -0.387 e. The molecule has 0 amide bonds. The third-order valence-corrected chi connectivity index (χ3v) is 7.15. The molecule has 1 rings (SSSR count). The average Bonchev–Trinajstić information content (AvgIpc) is 2.89. The summed E-state index contributed by atoms with van der Waals surface area (Å²) in [7, 11) is 0. The van der Waals surface area contributed by atoms with E-state index in [1.807, 2.05) is 36.4 Å². The van der Waals surface area contributed by atoms with Gasteiger partial charge >= 0.3 is 0 Å². The minimum atomic E-state index is -0.850. The molecule has 0 aromatic heterocycles. The fourth-order valence-corrected chi connectivity index (χ4v) is 4.69. The summed E-state index contributed by atoms with van der Waals surface area (Å²) in [6, 6.07) is 10.1. The average molecular weight is 503 g/mol. The zero-order valence-corrected chi connectivity index (χ0v) is 23.7. The molecule has 208 valence electrons. The molecule has 0 aliphatic heterocycles. The fraction of sp³-hybridized carbons (Fsp3) is 0.758. The van der Waals surface area contributed by atoms with E-state index >= 15 is 0 Å². The Morgan fingerprint density at radius 1 is 0.694 bits per heavy atom. The Hall–Kier alpha value is -1.16. The summed E-state index contributed by atoms with van der Waals surface area (Å²) in [5.74, 6) is 0. The maximum Gasteiger partial charge on any atom is 0.0905 e. The number of unbranched alkanes of at least 4 members (excludes halogenated alkanes) is 15. The molecule has 1 N–H and O–H groups in total. The summed E-state index contributed by atoms with van der Waals surface area (Å²) in [6.45, 7) is 8.32. The van der Waals surface area contributed by atoms with E-state index in [0.29, 0.717) is 32.7 Å². The Morgan fingerprint density at radius 2 is 1.22 bits per heavy atom. The van der Waals surface area contributed by atoms with Crippen LogP contribution in [0, 0.1) is 0 Å². The molecule has 0 saturated carbocycles. The molecule has 1 aromatic carbocycles. The van der Waals surface area contributed by atoms with Crippen LogP contribution in [0.15, 0.2) is 43.0 Å². The normalized spacial score (nSPS) is 13.1. The molecular formula is C33H58O3. The van der Waals surface area contributed by atoms with Gasteiger partial charge in [-0.05, 0) is 24.8 Å². The van der Waals surface area contributed by atoms with Crippen molar-refractivity contribution in [3.8, 4) is 0 Å². The standard InChI is InChI=1S/C33H58O3/c1-3-5-7-8-9-10-11-12-13-14-15-16-17-18-19-23-28-35-29-27-33(34,26-6-4-2)31-36-30-32-24-21-20-22-25-32/h4,20-22,24-25,34H,2-3,5-19,23,26-31H2,1H3. The zero-order chi connectivity index (χ0) is 26.0. The lowest BCUT2D eigenvalue weighted by Gasteiger charge is -2.27. The number of rotatable bonds is 27. The van der Waals surface area contributed by atoms with E-state index in [2.05, 4.69) is 13.5 Å². The Bertz CT molecular complexity index is 588. The Morgan fingerprint density at radius 3 is 1.75 bits per heavy atom. The van der Waals surface area contributed by atoms with E-state index < -0.39 is 5.60 Å². The first-order valence-electron chi connectivity index (χ1n) is 15.2. The molecule has 0 bridgehead atoms. The number of benzene rings is 1. The summed E-state index contributed by atoms with van der Waals surface area (Å²) in [5, 5.41) is 11.0. The van der Waals surface area contributed by atoms with Crippen molar-refractivity contribution >= 4 is 0 Å². The Balaban J connectivity index is 1.92. The van der Waals surface area contributed by atoms with Crippen LogP contribution >= 0.6 is 0 Å². The maximum atomic E-state index is 11.0. The Labute approximate surface area is 224 Å². The first-order chi connectivity index (χ1) is 17.7. The molecule has 0 spiro atoms. The SMILES string of the molecule is C=CCCC(O)(CCOCCCCCCCCCCCCCCCCCC)COCc1ccccc1. The van der Waals surface area contributed by atoms with Crippen LogP contribution in [0.2, 0.25) is 0 Å². The predicted octanol–water partition coefficient (Wildman–Crippen LogP) is 9.57. The maximum absolute atomic E-state index is 11.0. The van der Waals surface area contributed by atoms with Crippen LogP contribution in [0.5, 0.6) is 0 Å². The van der Waals surface area contributed by atoms with Gasteiger partial charge in [-0.25, -0.2) is 0 Å². The van der Waals surface area contributed by atoms with Crippen LogP contribution in [-0.4, -0.2) is 30.5 Å². The fourth-order valence-electron chi connectivity index (χ4n) is 4.69. The van der Waals surface area contributed by atoms with E-state index in [1.165, 1.54) is 96.3 Å². The van der Waals surface area contributed by atoms with Gasteiger partial charge in [-0.2, -0.15) is 0 Å². The van der Waals surface area contributed by atoms with Crippen molar-refractivity contribution < 1.29 is 14.6 Å². The largest absolute Gasteiger partial charge is 0.387 e. The van der Waals surface area contributed by atoms with Gasteiger partial charge in [0.2, 0.25) is 0 Å². The predicted molar refractivity (Wildman–Crippen MR) is 155 cm³/mol. The minimum absolute atomic E-state index is 0.331. The van der Waals surface area contributed by atoms with Gasteiger partial charge in [-0.1, -0.05) is 140 Å². The van der Waals surface area contributed by atoms with Gasteiger partial charge in [-0.3, -0.25) is 0 Å². The van der Waals surface area contributed by atoms with Crippen molar-refractivity contribution in [3.05, 3.63) is 48.6 Å². The molecular weight excluding hydrogens is 444 g/mol. The van der Waals surface area contributed by atoms with E-state index in [4.69, 9.17) is 9.47 Å². The summed E-state index contributed by atoms with van der Waals surface area (Å²) in [5.41, 5.74) is 0.278. The van der Waals surface area contributed by atoms with Gasteiger partial charge in [0.1, 0.15) is 0 Å². The lowest BCUT2D eigenvalue weighted by molar-refractivity contribution is -0.0740. The number of allylic oxidation sites excluding steroid dienone is 1. The van der Waals surface area contributed by atoms with Crippen LogP contribution in [0.3, 0.4) is 0 Å². The second-order valence-electron chi connectivity index (χ2n) is 10.7. The van der Waals surface area contributed by atoms with Crippen LogP contribution in [-0.2, 0) is 16.1 Å². The van der Waals surface area contributed by atoms with Crippen molar-refractivity contribution in [3.63, 3.8) is 0 Å². The molecule has 0 aliphatic carbocycles. The number of hydrogen-bond acceptors (Lipinski definition) is 3. The van der Waals surface area contributed by atoms with Gasteiger partial charge in [0.15, 0.2) is 0 Å². The highest BCUT2D eigenvalue weighted by Gasteiger charge is 2.26. The second-order valence-corrected chi connectivity index (χ2v) is 10.7. The summed E-state index contributed by atoms with van der Waals surface area (Å²) in [6.07, 6.45) is 26.0. The molecule has 3 nitrogen and oxygen atoms in total. The van der Waals surface area contributed by atoms with E-state index in [-0.39, 0.29) is 0 Å². The van der Waals surface area contributed by atoms with Crippen molar-refractivity contribution in [2.75, 3.05) is 19.8 Å². The van der Waals surface area contributed by atoms with Crippen LogP contribution in [0.1, 0.15) is 134 Å². The summed E-state index contributed by atoms with van der Waals surface area (Å²) < 4.78 is 11.7. The highest BCUT2D eigenvalue weighted by atomic mass is 16.5. The topological polar surface area (TPSA) is 38.7 Å². The quantitative estimate of drug-likeness (QED) is 0.0961. The van der Waals surface area contributed by atoms with Gasteiger partial charge in [-0.15, -0.1) is 6.58 Å². The molecule has 1 aromatic rings. The zero-order valence-electron chi connectivity index (χ0n) is 23.7. The van der Waals surface area contributed by atoms with Crippen LogP contribution < -0.4 is 0 Å². The second kappa shape index (κ2) is 24.2. The van der Waals surface area contributed by atoms with Crippen molar-refractivity contribution in [2.45, 2.75) is 141 Å². The highest BCUT2D eigenvalue weighted by molar-refractivity contribution is 5.13. The lowest BCUT2D eigenvalue weighted by atomic mass is 9.95. The molecule has 1 unspecified atom stereocenters. The first-order valence-corrected chi connectivity index (χ1v) is 15.2. The highest BCUT2D eigenvalue weighted by Crippen LogP contribution is 2.20. The molecule has 0 fully saturated rings. The molecule has 0 heterocycles. The van der Waals surface area contributed by atoms with Gasteiger partial charge < -0.3 is 14.6 Å². The van der Waals surface area contributed by atoms with Crippen molar-refractivity contribution in [1.29, 1.82) is 0 Å². The molecule has 3 heteroatoms. The van der Waals surface area contributed by atoms with Gasteiger partial charge in [0.25, 0.3) is 0 Å². The van der Waals surface area contributed by atoms with Crippen LogP contribution in [0.25, 0.3) is 0 Å². The van der Waals surface area contributed by atoms with E-state index in [0.717, 1.165) is 25.0 Å². The summed E-state index contributed by atoms with van der Waals surface area (Å²) in [4.78, 5) is 0. The molecule has 36 heavy (non-hydrogen) atoms. The van der Waals surface area contributed by atoms with Gasteiger partial charge in [0, 0.05) is 19.6 Å². The number of ether oxygens (including phenoxy) is 2. The lowest BCUT2D eigenvalue weighted by Crippen LogP contribution is -2.36. The van der Waals surface area contributed by atoms with E-state index in [9.17, 15) is 5.11 Å². The number of hydrogen-bond donors (Lipinski definition) is 1. The molecule has 1 atom stereocenters. The monoisotopic (exact) mass is 502 g/mol. The smallest absolute Gasteiger partial charge is 0.0905 e. The van der Waals surface area contributed by atoms with E-state index in [1.54, 1.807) is 0 Å². The Kier molecular flexibility index (Phi) is 22.1. The molecule has 0 aliphatic rings. The van der Waals surface area contributed by atoms with Gasteiger partial charge in [0.05, 0.1) is 18.8 Å². The first kappa shape index (κ1) is 32.9. The van der Waals surface area contributed by atoms with Crippen molar-refractivity contribution in [2.24, 2.45) is 0 Å². The third-order valence-electron chi connectivity index (χ3n) is 7.15. The van der Waals surface area contributed by atoms with Crippen LogP contribution in [0.4, 0.5) is 0 Å². The molecule has 0 saturated heterocycles. The molecule has 0 radical (unpaired) electrons. The number of aliphatic hydroxyl groups is 1. The van der Waals surface area contributed by atoms with Crippen molar-refractivity contribution in [1.82, 2.24) is 0 Å².